The van der Waals surface area contributed by atoms with E-state index in [1.54, 1.807) is 0 Å². The SMILES string of the molecule is O=C([C@H](Sc1nnc(-c2cccc(Br)c2)o1)c1ccccc1)N1CCOCC1. The number of halogens is 1. The molecule has 2 aromatic carbocycles. The molecular formula is C20H18BrN3O3S. The third kappa shape index (κ3) is 4.45. The van der Waals surface area contributed by atoms with Gasteiger partial charge in [-0.05, 0) is 35.5 Å². The largest absolute Gasteiger partial charge is 0.411 e. The Morgan fingerprint density at radius 3 is 2.61 bits per heavy atom. The lowest BCUT2D eigenvalue weighted by Crippen LogP contribution is -2.42. The molecule has 0 N–H and O–H groups in total. The Kier molecular flexibility index (Phi) is 6.09. The minimum atomic E-state index is -0.449. The van der Waals surface area contributed by atoms with Crippen LogP contribution in [0.1, 0.15) is 10.8 Å². The Morgan fingerprint density at radius 1 is 1.07 bits per heavy atom. The van der Waals surface area contributed by atoms with Crippen LogP contribution in [0.15, 0.2) is 68.7 Å². The zero-order valence-electron chi connectivity index (χ0n) is 15.0. The molecule has 4 rings (SSSR count). The number of amides is 1. The lowest BCUT2D eigenvalue weighted by molar-refractivity contribution is -0.134. The zero-order valence-corrected chi connectivity index (χ0v) is 17.4. The second kappa shape index (κ2) is 8.89. The van der Waals surface area contributed by atoms with Gasteiger partial charge in [0.25, 0.3) is 5.22 Å². The van der Waals surface area contributed by atoms with Gasteiger partial charge in [-0.2, -0.15) is 0 Å². The van der Waals surface area contributed by atoms with Gasteiger partial charge in [0.1, 0.15) is 5.25 Å². The summed E-state index contributed by atoms with van der Waals surface area (Å²) in [7, 11) is 0. The predicted octanol–water partition coefficient (Wildman–Crippen LogP) is 4.19. The van der Waals surface area contributed by atoms with Crippen molar-refractivity contribution in [2.75, 3.05) is 26.3 Å². The number of nitrogens with zero attached hydrogens (tertiary/aromatic N) is 3. The van der Waals surface area contributed by atoms with E-state index in [-0.39, 0.29) is 5.91 Å². The molecule has 1 atom stereocenters. The van der Waals surface area contributed by atoms with Crippen LogP contribution in [0, 0.1) is 0 Å². The van der Waals surface area contributed by atoms with Crippen LogP contribution in [0.25, 0.3) is 11.5 Å². The number of benzene rings is 2. The minimum absolute atomic E-state index is 0.0294. The highest BCUT2D eigenvalue weighted by Crippen LogP contribution is 2.37. The summed E-state index contributed by atoms with van der Waals surface area (Å²) in [4.78, 5) is 15.0. The van der Waals surface area contributed by atoms with Gasteiger partial charge >= 0.3 is 0 Å². The van der Waals surface area contributed by atoms with E-state index in [9.17, 15) is 4.79 Å². The van der Waals surface area contributed by atoms with Crippen LogP contribution in [0.5, 0.6) is 0 Å². The molecule has 1 aromatic heterocycles. The molecule has 1 saturated heterocycles. The monoisotopic (exact) mass is 459 g/mol. The summed E-state index contributed by atoms with van der Waals surface area (Å²) in [5.41, 5.74) is 1.73. The first-order valence-corrected chi connectivity index (χ1v) is 10.6. The van der Waals surface area contributed by atoms with Gasteiger partial charge in [-0.15, -0.1) is 10.2 Å². The van der Waals surface area contributed by atoms with Crippen molar-refractivity contribution >= 4 is 33.6 Å². The van der Waals surface area contributed by atoms with Crippen molar-refractivity contribution in [1.82, 2.24) is 15.1 Å². The lowest BCUT2D eigenvalue weighted by atomic mass is 10.1. The standard InChI is InChI=1S/C20H18BrN3O3S/c21-16-8-4-7-15(13-16)18-22-23-20(27-18)28-17(14-5-2-1-3-6-14)19(25)24-9-11-26-12-10-24/h1-8,13,17H,9-12H2/t17-/m1/s1. The van der Waals surface area contributed by atoms with E-state index in [0.29, 0.717) is 37.4 Å². The van der Waals surface area contributed by atoms with Crippen molar-refractivity contribution in [2.24, 2.45) is 0 Å². The number of carbonyl (C=O) groups is 1. The highest BCUT2D eigenvalue weighted by atomic mass is 79.9. The fraction of sp³-hybridized carbons (Fsp3) is 0.250. The first-order chi connectivity index (χ1) is 13.7. The highest BCUT2D eigenvalue weighted by molar-refractivity contribution is 9.10. The number of hydrogen-bond donors (Lipinski definition) is 0. The van der Waals surface area contributed by atoms with Gasteiger partial charge in [-0.1, -0.05) is 52.3 Å². The number of aromatic nitrogens is 2. The summed E-state index contributed by atoms with van der Waals surface area (Å²) in [6.07, 6.45) is 0. The van der Waals surface area contributed by atoms with E-state index in [2.05, 4.69) is 26.1 Å². The average Bonchev–Trinajstić information content (AvgIpc) is 3.22. The maximum absolute atomic E-state index is 13.2. The van der Waals surface area contributed by atoms with Crippen molar-refractivity contribution in [3.8, 4) is 11.5 Å². The van der Waals surface area contributed by atoms with Crippen molar-refractivity contribution in [3.63, 3.8) is 0 Å². The van der Waals surface area contributed by atoms with Crippen LogP contribution in [-0.2, 0) is 9.53 Å². The number of morpholine rings is 1. The Labute approximate surface area is 175 Å². The molecule has 1 fully saturated rings. The first-order valence-electron chi connectivity index (χ1n) is 8.88. The van der Waals surface area contributed by atoms with Gasteiger partial charge < -0.3 is 14.1 Å². The summed E-state index contributed by atoms with van der Waals surface area (Å²) in [5.74, 6) is 0.455. The van der Waals surface area contributed by atoms with E-state index in [1.807, 2.05) is 59.5 Å². The maximum atomic E-state index is 13.2. The average molecular weight is 460 g/mol. The molecule has 0 spiro atoms. The molecule has 2 heterocycles. The summed E-state index contributed by atoms with van der Waals surface area (Å²) in [6, 6.07) is 17.3. The molecule has 8 heteroatoms. The van der Waals surface area contributed by atoms with E-state index < -0.39 is 5.25 Å². The Morgan fingerprint density at radius 2 is 1.86 bits per heavy atom. The van der Waals surface area contributed by atoms with E-state index in [0.717, 1.165) is 15.6 Å². The molecule has 28 heavy (non-hydrogen) atoms. The Hall–Kier alpha value is -2.16. The van der Waals surface area contributed by atoms with Gasteiger partial charge in [-0.25, -0.2) is 0 Å². The molecule has 0 bridgehead atoms. The molecule has 0 radical (unpaired) electrons. The maximum Gasteiger partial charge on any atom is 0.277 e. The Balaban J connectivity index is 1.58. The summed E-state index contributed by atoms with van der Waals surface area (Å²) >= 11 is 4.72. The van der Waals surface area contributed by atoms with Crippen LogP contribution in [0.4, 0.5) is 0 Å². The quantitative estimate of drug-likeness (QED) is 0.532. The number of ether oxygens (including phenoxy) is 1. The molecule has 0 aliphatic carbocycles. The van der Waals surface area contributed by atoms with E-state index in [1.165, 1.54) is 11.8 Å². The summed E-state index contributed by atoms with van der Waals surface area (Å²) in [6.45, 7) is 2.31. The number of rotatable bonds is 5. The molecule has 1 amide bonds. The molecule has 3 aromatic rings. The third-order valence-corrected chi connectivity index (χ3v) is 5.92. The topological polar surface area (TPSA) is 68.5 Å². The lowest BCUT2D eigenvalue weighted by Gasteiger charge is -2.29. The van der Waals surface area contributed by atoms with Crippen molar-refractivity contribution in [1.29, 1.82) is 0 Å². The van der Waals surface area contributed by atoms with E-state index >= 15 is 0 Å². The smallest absolute Gasteiger partial charge is 0.277 e. The van der Waals surface area contributed by atoms with Crippen molar-refractivity contribution in [2.45, 2.75) is 10.5 Å². The van der Waals surface area contributed by atoms with Crippen molar-refractivity contribution in [3.05, 3.63) is 64.6 Å². The predicted molar refractivity (Wildman–Crippen MR) is 110 cm³/mol. The van der Waals surface area contributed by atoms with Crippen LogP contribution in [0.3, 0.4) is 0 Å². The number of carbonyl (C=O) groups excluding carboxylic acids is 1. The molecule has 1 aliphatic rings. The van der Waals surface area contributed by atoms with Gasteiger partial charge in [0.15, 0.2) is 0 Å². The zero-order chi connectivity index (χ0) is 19.3. The molecule has 0 saturated carbocycles. The number of thioether (sulfide) groups is 1. The normalized spacial score (nSPS) is 15.4. The summed E-state index contributed by atoms with van der Waals surface area (Å²) in [5, 5.41) is 8.21. The van der Waals surface area contributed by atoms with Crippen LogP contribution < -0.4 is 0 Å². The van der Waals surface area contributed by atoms with Crippen LogP contribution in [0.2, 0.25) is 0 Å². The van der Waals surface area contributed by atoms with Gasteiger partial charge in [0, 0.05) is 23.1 Å². The third-order valence-electron chi connectivity index (χ3n) is 4.35. The molecule has 0 unspecified atom stereocenters. The molecule has 1 aliphatic heterocycles. The Bertz CT molecular complexity index is 945. The fourth-order valence-electron chi connectivity index (χ4n) is 2.93. The van der Waals surface area contributed by atoms with Crippen molar-refractivity contribution < 1.29 is 13.9 Å². The highest BCUT2D eigenvalue weighted by Gasteiger charge is 2.30. The number of hydrogen-bond acceptors (Lipinski definition) is 6. The second-order valence-corrected chi connectivity index (χ2v) is 8.20. The molecule has 144 valence electrons. The van der Waals surface area contributed by atoms with Gasteiger partial charge in [0.05, 0.1) is 13.2 Å². The fourth-order valence-corrected chi connectivity index (χ4v) is 4.29. The molecule has 6 nitrogen and oxygen atoms in total. The minimum Gasteiger partial charge on any atom is -0.411 e. The van der Waals surface area contributed by atoms with Gasteiger partial charge in [0.2, 0.25) is 11.8 Å². The van der Waals surface area contributed by atoms with Crippen LogP contribution >= 0.6 is 27.7 Å². The van der Waals surface area contributed by atoms with E-state index in [4.69, 9.17) is 9.15 Å². The van der Waals surface area contributed by atoms with Crippen LogP contribution in [-0.4, -0.2) is 47.3 Å². The first kappa shape index (κ1) is 19.2. The van der Waals surface area contributed by atoms with Gasteiger partial charge in [-0.3, -0.25) is 4.79 Å². The second-order valence-electron chi connectivity index (χ2n) is 6.23. The summed E-state index contributed by atoms with van der Waals surface area (Å²) < 4.78 is 12.1. The molecular weight excluding hydrogens is 442 g/mol.